The minimum Gasteiger partial charge on any atom is -0.507 e. The molecule has 0 heterocycles. The molecule has 1 unspecified atom stereocenters. The molecule has 3 heteroatoms. The van der Waals surface area contributed by atoms with E-state index in [2.05, 4.69) is 81.6 Å². The Morgan fingerprint density at radius 1 is 0.960 bits per heavy atom. The van der Waals surface area contributed by atoms with E-state index in [0.717, 1.165) is 24.0 Å². The Hall–Kier alpha value is -1.58. The van der Waals surface area contributed by atoms with Gasteiger partial charge in [-0.05, 0) is 49.2 Å². The highest BCUT2D eigenvalue weighted by atomic mass is 28.3. The van der Waals surface area contributed by atoms with E-state index >= 15 is 0 Å². The van der Waals surface area contributed by atoms with Crippen LogP contribution in [0, 0.1) is 0 Å². The minimum atomic E-state index is -1.59. The molecule has 25 heavy (non-hydrogen) atoms. The summed E-state index contributed by atoms with van der Waals surface area (Å²) in [5.41, 5.74) is 4.07. The molecule has 0 aliphatic carbocycles. The van der Waals surface area contributed by atoms with E-state index in [9.17, 15) is 5.11 Å². The maximum Gasteiger partial charge on any atom is 0.121 e. The minimum absolute atomic E-state index is 0.500. The lowest BCUT2D eigenvalue weighted by atomic mass is 9.99. The van der Waals surface area contributed by atoms with Crippen molar-refractivity contribution in [1.29, 1.82) is 0 Å². The predicted octanol–water partition coefficient (Wildman–Crippen LogP) is 4.61. The number of hydrogen-bond donors (Lipinski definition) is 2. The number of benzene rings is 2. The zero-order chi connectivity index (χ0) is 19.0. The Morgan fingerprint density at radius 3 is 1.80 bits per heavy atom. The maximum absolute atomic E-state index is 10.3. The van der Waals surface area contributed by atoms with E-state index in [1.807, 2.05) is 14.1 Å². The van der Waals surface area contributed by atoms with Crippen molar-refractivity contribution in [2.75, 3.05) is 14.1 Å². The first-order valence-corrected chi connectivity index (χ1v) is 12.4. The molecule has 0 aromatic heterocycles. The third-order valence-corrected chi connectivity index (χ3v) is 9.47. The monoisotopic (exact) mass is 357 g/mol. The number of phenolic OH excluding ortho intramolecular Hbond substituents is 1. The molecular weight excluding hydrogens is 322 g/mol. The molecule has 0 saturated carbocycles. The van der Waals surface area contributed by atoms with Crippen LogP contribution < -0.4 is 10.5 Å². The Morgan fingerprint density at radius 2 is 1.40 bits per heavy atom. The summed E-state index contributed by atoms with van der Waals surface area (Å²) >= 11 is 0. The van der Waals surface area contributed by atoms with Crippen LogP contribution in [0.5, 0.6) is 5.75 Å². The number of rotatable bonds is 5. The molecule has 2 aromatic rings. The third kappa shape index (κ3) is 5.19. The fraction of sp³-hybridized carbons (Fsp3) is 0.455. The van der Waals surface area contributed by atoms with Crippen molar-refractivity contribution >= 4 is 13.3 Å². The average molecular weight is 358 g/mol. The number of phenols is 1. The van der Waals surface area contributed by atoms with Gasteiger partial charge in [0.15, 0.2) is 0 Å². The van der Waals surface area contributed by atoms with Crippen LogP contribution in [0.15, 0.2) is 42.5 Å². The Labute approximate surface area is 155 Å². The van der Waals surface area contributed by atoms with Crippen molar-refractivity contribution < 1.29 is 5.11 Å². The molecular formula is C22H35NOSi. The van der Waals surface area contributed by atoms with Gasteiger partial charge in [0, 0.05) is 0 Å². The van der Waals surface area contributed by atoms with Crippen LogP contribution in [0.2, 0.25) is 13.1 Å². The van der Waals surface area contributed by atoms with Crippen LogP contribution in [0.25, 0.3) is 0 Å². The highest BCUT2D eigenvalue weighted by Crippen LogP contribution is 2.33. The molecule has 2 N–H and O–H groups in total. The van der Waals surface area contributed by atoms with E-state index in [0.29, 0.717) is 11.3 Å². The van der Waals surface area contributed by atoms with Crippen LogP contribution in [0.4, 0.5) is 0 Å². The number of aromatic hydroxyl groups is 1. The van der Waals surface area contributed by atoms with Crippen LogP contribution in [0.1, 0.15) is 43.0 Å². The summed E-state index contributed by atoms with van der Waals surface area (Å²) in [4.78, 5) is 0. The molecule has 0 saturated heterocycles. The van der Waals surface area contributed by atoms with Gasteiger partial charge < -0.3 is 10.4 Å². The topological polar surface area (TPSA) is 32.3 Å². The van der Waals surface area contributed by atoms with Crippen LogP contribution in [0.3, 0.4) is 0 Å². The highest BCUT2D eigenvalue weighted by molar-refractivity contribution is 6.90. The zero-order valence-corrected chi connectivity index (χ0v) is 18.0. The fourth-order valence-corrected chi connectivity index (χ4v) is 5.66. The highest BCUT2D eigenvalue weighted by Gasteiger charge is 2.32. The second-order valence-corrected chi connectivity index (χ2v) is 12.1. The average Bonchev–Trinajstić information content (AvgIpc) is 2.62. The van der Waals surface area contributed by atoms with E-state index in [4.69, 9.17) is 0 Å². The lowest BCUT2D eigenvalue weighted by molar-refractivity contribution is 0.462. The number of hydrogen-bond acceptors (Lipinski definition) is 2. The van der Waals surface area contributed by atoms with Gasteiger partial charge in [0.05, 0.1) is 8.07 Å². The molecule has 0 aliphatic rings. The molecule has 2 rings (SSSR count). The van der Waals surface area contributed by atoms with Gasteiger partial charge in [0.1, 0.15) is 5.75 Å². The molecule has 2 aromatic carbocycles. The summed E-state index contributed by atoms with van der Waals surface area (Å²) < 4.78 is 0. The van der Waals surface area contributed by atoms with Crippen molar-refractivity contribution in [1.82, 2.24) is 5.32 Å². The van der Waals surface area contributed by atoms with Gasteiger partial charge >= 0.3 is 0 Å². The molecule has 1 atom stereocenters. The standard InChI is InChI=1S/C20H28OSi.C2H7N/c1-6-16-13-18(14-17(7-2)20(16)21)15(3)22(4,5)19-11-9-8-10-12-19;1-3-2/h8-15,21H,6-7H2,1-5H3;3H,1-2H3. The third-order valence-electron chi connectivity index (χ3n) is 5.15. The molecule has 0 fully saturated rings. The predicted molar refractivity (Wildman–Crippen MR) is 114 cm³/mol. The van der Waals surface area contributed by atoms with E-state index in [1.165, 1.54) is 10.8 Å². The SMILES string of the molecule is CCc1cc(C(C)[Si](C)(C)c2ccccc2)cc(CC)c1O.CNC. The van der Waals surface area contributed by atoms with Gasteiger partial charge in [0.2, 0.25) is 0 Å². The quantitative estimate of drug-likeness (QED) is 0.766. The second kappa shape index (κ2) is 9.78. The van der Waals surface area contributed by atoms with Crippen molar-refractivity contribution in [3.63, 3.8) is 0 Å². The smallest absolute Gasteiger partial charge is 0.121 e. The summed E-state index contributed by atoms with van der Waals surface area (Å²) in [5, 5.41) is 14.6. The fourth-order valence-electron chi connectivity index (χ4n) is 3.11. The van der Waals surface area contributed by atoms with E-state index in [1.54, 1.807) is 0 Å². The van der Waals surface area contributed by atoms with Crippen molar-refractivity contribution in [2.45, 2.75) is 52.2 Å². The molecule has 0 spiro atoms. The van der Waals surface area contributed by atoms with Gasteiger partial charge in [-0.2, -0.15) is 0 Å². The van der Waals surface area contributed by atoms with Crippen molar-refractivity contribution in [3.05, 3.63) is 59.2 Å². The number of aryl methyl sites for hydroxylation is 2. The molecule has 0 amide bonds. The lowest BCUT2D eigenvalue weighted by Crippen LogP contribution is -2.46. The van der Waals surface area contributed by atoms with Crippen LogP contribution >= 0.6 is 0 Å². The first-order chi connectivity index (χ1) is 11.8. The lowest BCUT2D eigenvalue weighted by Gasteiger charge is -2.31. The van der Waals surface area contributed by atoms with Crippen LogP contribution in [-0.4, -0.2) is 27.3 Å². The summed E-state index contributed by atoms with van der Waals surface area (Å²) in [6.45, 7) is 11.5. The molecule has 138 valence electrons. The van der Waals surface area contributed by atoms with Crippen molar-refractivity contribution in [3.8, 4) is 5.75 Å². The summed E-state index contributed by atoms with van der Waals surface area (Å²) in [7, 11) is 2.16. The molecule has 0 bridgehead atoms. The normalized spacial score (nSPS) is 12.3. The zero-order valence-electron chi connectivity index (χ0n) is 17.0. The molecule has 0 radical (unpaired) electrons. The first kappa shape index (κ1) is 21.5. The van der Waals surface area contributed by atoms with Gasteiger partial charge in [-0.25, -0.2) is 0 Å². The summed E-state index contributed by atoms with van der Waals surface area (Å²) in [6, 6.07) is 15.3. The Balaban J connectivity index is 0.000000970. The van der Waals surface area contributed by atoms with Gasteiger partial charge in [-0.1, -0.05) is 81.5 Å². The van der Waals surface area contributed by atoms with Crippen LogP contribution in [-0.2, 0) is 12.8 Å². The van der Waals surface area contributed by atoms with Gasteiger partial charge in [-0.3, -0.25) is 0 Å². The Bertz CT molecular complexity index is 627. The Kier molecular flexibility index (Phi) is 8.40. The van der Waals surface area contributed by atoms with Crippen molar-refractivity contribution in [2.24, 2.45) is 0 Å². The molecule has 0 aliphatic heterocycles. The van der Waals surface area contributed by atoms with Gasteiger partial charge in [0.25, 0.3) is 0 Å². The first-order valence-electron chi connectivity index (χ1n) is 9.32. The second-order valence-electron chi connectivity index (χ2n) is 7.20. The molecule has 2 nitrogen and oxygen atoms in total. The largest absolute Gasteiger partial charge is 0.507 e. The van der Waals surface area contributed by atoms with E-state index < -0.39 is 8.07 Å². The van der Waals surface area contributed by atoms with Gasteiger partial charge in [-0.15, -0.1) is 0 Å². The maximum atomic E-state index is 10.3. The summed E-state index contributed by atoms with van der Waals surface area (Å²) in [6.07, 6.45) is 1.76. The van der Waals surface area contributed by atoms with E-state index in [-0.39, 0.29) is 0 Å². The summed E-state index contributed by atoms with van der Waals surface area (Å²) in [5.74, 6) is 0.500. The number of nitrogens with one attached hydrogen (secondary N) is 1.